The van der Waals surface area contributed by atoms with Crippen LogP contribution in [0.2, 0.25) is 0 Å². The molecule has 0 aliphatic rings. The van der Waals surface area contributed by atoms with E-state index in [2.05, 4.69) is 12.2 Å². The van der Waals surface area contributed by atoms with Crippen molar-refractivity contribution in [1.82, 2.24) is 5.32 Å². The zero-order valence-corrected chi connectivity index (χ0v) is 11.4. The first-order chi connectivity index (χ1) is 9.10. The Morgan fingerprint density at radius 3 is 2.42 bits per heavy atom. The van der Waals surface area contributed by atoms with Gasteiger partial charge in [0.1, 0.15) is 17.3 Å². The van der Waals surface area contributed by atoms with Crippen LogP contribution in [0.25, 0.3) is 0 Å². The molecule has 0 saturated heterocycles. The molecule has 2 rings (SSSR count). The Morgan fingerprint density at radius 2 is 1.79 bits per heavy atom. The number of ether oxygens (including phenoxy) is 1. The molecule has 19 heavy (non-hydrogen) atoms. The molecule has 3 heteroatoms. The van der Waals surface area contributed by atoms with Crippen molar-refractivity contribution in [2.45, 2.75) is 19.9 Å². The zero-order chi connectivity index (χ0) is 13.8. The van der Waals surface area contributed by atoms with Gasteiger partial charge in [0.25, 0.3) is 0 Å². The molecular formula is C16H18FNO. The molecule has 1 atom stereocenters. The summed E-state index contributed by atoms with van der Waals surface area (Å²) in [5.74, 6) is 0.969. The van der Waals surface area contributed by atoms with Crippen LogP contribution in [0, 0.1) is 12.7 Å². The Balaban J connectivity index is 2.17. The molecule has 1 N–H and O–H groups in total. The Morgan fingerprint density at radius 1 is 1.11 bits per heavy atom. The second-order valence-electron chi connectivity index (χ2n) is 4.59. The molecule has 0 saturated carbocycles. The predicted molar refractivity (Wildman–Crippen MR) is 75.1 cm³/mol. The SMILES string of the molecule is CNC(C)c1ccc(Oc2cc(F)ccc2C)cc1. The van der Waals surface area contributed by atoms with Crippen molar-refractivity contribution >= 4 is 0 Å². The lowest BCUT2D eigenvalue weighted by Gasteiger charge is -2.12. The van der Waals surface area contributed by atoms with E-state index in [1.807, 2.05) is 38.2 Å². The Hall–Kier alpha value is -1.87. The van der Waals surface area contributed by atoms with Crippen molar-refractivity contribution in [2.24, 2.45) is 0 Å². The summed E-state index contributed by atoms with van der Waals surface area (Å²) in [5, 5.41) is 3.18. The Kier molecular flexibility index (Phi) is 4.17. The van der Waals surface area contributed by atoms with Crippen molar-refractivity contribution in [1.29, 1.82) is 0 Å². The van der Waals surface area contributed by atoms with Crippen LogP contribution in [-0.2, 0) is 0 Å². The minimum absolute atomic E-state index is 0.291. The van der Waals surface area contributed by atoms with Crippen LogP contribution in [-0.4, -0.2) is 7.05 Å². The molecule has 0 bridgehead atoms. The third-order valence-electron chi connectivity index (χ3n) is 3.19. The van der Waals surface area contributed by atoms with E-state index in [4.69, 9.17) is 4.74 Å². The highest BCUT2D eigenvalue weighted by atomic mass is 19.1. The van der Waals surface area contributed by atoms with E-state index >= 15 is 0 Å². The number of nitrogens with one attached hydrogen (secondary N) is 1. The lowest BCUT2D eigenvalue weighted by Crippen LogP contribution is -2.11. The molecule has 0 radical (unpaired) electrons. The summed E-state index contributed by atoms with van der Waals surface area (Å²) in [4.78, 5) is 0. The molecule has 100 valence electrons. The van der Waals surface area contributed by atoms with Gasteiger partial charge in [-0.1, -0.05) is 18.2 Å². The van der Waals surface area contributed by atoms with Crippen molar-refractivity contribution in [3.05, 3.63) is 59.4 Å². The molecule has 2 nitrogen and oxygen atoms in total. The molecule has 2 aromatic carbocycles. The van der Waals surface area contributed by atoms with Crippen molar-refractivity contribution in [3.63, 3.8) is 0 Å². The molecule has 0 fully saturated rings. The van der Waals surface area contributed by atoms with Crippen LogP contribution in [0.1, 0.15) is 24.1 Å². The second kappa shape index (κ2) is 5.85. The van der Waals surface area contributed by atoms with Crippen molar-refractivity contribution in [2.75, 3.05) is 7.05 Å². The summed E-state index contributed by atoms with van der Waals surface area (Å²) < 4.78 is 18.9. The molecule has 2 aromatic rings. The molecule has 0 aliphatic heterocycles. The Bertz CT molecular complexity index is 551. The van der Waals surface area contributed by atoms with Gasteiger partial charge in [-0.3, -0.25) is 0 Å². The topological polar surface area (TPSA) is 21.3 Å². The third-order valence-corrected chi connectivity index (χ3v) is 3.19. The summed E-state index contributed by atoms with van der Waals surface area (Å²) in [6.07, 6.45) is 0. The highest BCUT2D eigenvalue weighted by Gasteiger charge is 2.05. The van der Waals surface area contributed by atoms with Gasteiger partial charge in [0.15, 0.2) is 0 Å². The van der Waals surface area contributed by atoms with Crippen LogP contribution in [0.15, 0.2) is 42.5 Å². The van der Waals surface area contributed by atoms with Gasteiger partial charge in [-0.2, -0.15) is 0 Å². The average molecular weight is 259 g/mol. The average Bonchev–Trinajstić information content (AvgIpc) is 2.43. The summed E-state index contributed by atoms with van der Waals surface area (Å²) in [5.41, 5.74) is 2.10. The van der Waals surface area contributed by atoms with Gasteiger partial charge in [-0.25, -0.2) is 4.39 Å². The normalized spacial score (nSPS) is 12.2. The molecule has 0 aliphatic carbocycles. The number of rotatable bonds is 4. The minimum atomic E-state index is -0.291. The number of hydrogen-bond donors (Lipinski definition) is 1. The van der Waals surface area contributed by atoms with Crippen LogP contribution >= 0.6 is 0 Å². The number of aryl methyl sites for hydroxylation is 1. The second-order valence-corrected chi connectivity index (χ2v) is 4.59. The van der Waals surface area contributed by atoms with Gasteiger partial charge in [-0.15, -0.1) is 0 Å². The van der Waals surface area contributed by atoms with E-state index in [1.54, 1.807) is 6.07 Å². The monoisotopic (exact) mass is 259 g/mol. The van der Waals surface area contributed by atoms with Gasteiger partial charge in [0.2, 0.25) is 0 Å². The van der Waals surface area contributed by atoms with E-state index in [0.29, 0.717) is 17.5 Å². The third kappa shape index (κ3) is 3.32. The van der Waals surface area contributed by atoms with Crippen LogP contribution in [0.4, 0.5) is 4.39 Å². The van der Waals surface area contributed by atoms with E-state index in [-0.39, 0.29) is 5.82 Å². The fraction of sp³-hybridized carbons (Fsp3) is 0.250. The van der Waals surface area contributed by atoms with Crippen molar-refractivity contribution in [3.8, 4) is 11.5 Å². The van der Waals surface area contributed by atoms with Crippen molar-refractivity contribution < 1.29 is 9.13 Å². The molecule has 0 spiro atoms. The van der Waals surface area contributed by atoms with E-state index in [0.717, 1.165) is 5.56 Å². The summed E-state index contributed by atoms with van der Waals surface area (Å²) in [6, 6.07) is 12.6. The fourth-order valence-electron chi connectivity index (χ4n) is 1.80. The zero-order valence-electron chi connectivity index (χ0n) is 11.4. The summed E-state index contributed by atoms with van der Waals surface area (Å²) in [6.45, 7) is 3.98. The Labute approximate surface area is 113 Å². The standard InChI is InChI=1S/C16H18FNO/c1-11-4-7-14(17)10-16(11)19-15-8-5-13(6-9-15)12(2)18-3/h4-10,12,18H,1-3H3. The molecular weight excluding hydrogens is 241 g/mol. The predicted octanol–water partition coefficient (Wildman–Crippen LogP) is 4.21. The largest absolute Gasteiger partial charge is 0.457 e. The number of benzene rings is 2. The highest BCUT2D eigenvalue weighted by Crippen LogP contribution is 2.26. The molecule has 0 heterocycles. The first-order valence-electron chi connectivity index (χ1n) is 6.31. The van der Waals surface area contributed by atoms with Crippen LogP contribution in [0.3, 0.4) is 0 Å². The maximum absolute atomic E-state index is 13.2. The summed E-state index contributed by atoms with van der Waals surface area (Å²) >= 11 is 0. The van der Waals surface area contributed by atoms with Gasteiger partial charge in [0, 0.05) is 12.1 Å². The lowest BCUT2D eigenvalue weighted by molar-refractivity contribution is 0.472. The van der Waals surface area contributed by atoms with E-state index in [1.165, 1.54) is 17.7 Å². The maximum Gasteiger partial charge on any atom is 0.133 e. The van der Waals surface area contributed by atoms with Crippen LogP contribution < -0.4 is 10.1 Å². The van der Waals surface area contributed by atoms with Gasteiger partial charge in [-0.05, 0) is 50.2 Å². The van der Waals surface area contributed by atoms with Gasteiger partial charge in [0.05, 0.1) is 0 Å². The lowest BCUT2D eigenvalue weighted by atomic mass is 10.1. The highest BCUT2D eigenvalue weighted by molar-refractivity contribution is 5.38. The quantitative estimate of drug-likeness (QED) is 0.888. The first kappa shape index (κ1) is 13.6. The number of halogens is 1. The molecule has 0 aromatic heterocycles. The van der Waals surface area contributed by atoms with E-state index in [9.17, 15) is 4.39 Å². The van der Waals surface area contributed by atoms with Gasteiger partial charge >= 0.3 is 0 Å². The summed E-state index contributed by atoms with van der Waals surface area (Å²) in [7, 11) is 1.92. The minimum Gasteiger partial charge on any atom is -0.457 e. The first-order valence-corrected chi connectivity index (χ1v) is 6.31. The molecule has 1 unspecified atom stereocenters. The van der Waals surface area contributed by atoms with E-state index < -0.39 is 0 Å². The fourth-order valence-corrected chi connectivity index (χ4v) is 1.80. The number of hydrogen-bond acceptors (Lipinski definition) is 2. The maximum atomic E-state index is 13.2. The van der Waals surface area contributed by atoms with Gasteiger partial charge < -0.3 is 10.1 Å². The smallest absolute Gasteiger partial charge is 0.133 e. The van der Waals surface area contributed by atoms with Crippen LogP contribution in [0.5, 0.6) is 11.5 Å². The molecule has 0 amide bonds.